The number of nitrogens with zero attached hydrogens (tertiary/aromatic N) is 2. The van der Waals surface area contributed by atoms with Crippen LogP contribution in [0.3, 0.4) is 0 Å². The van der Waals surface area contributed by atoms with Gasteiger partial charge in [-0.1, -0.05) is 0 Å². The minimum Gasteiger partial charge on any atom is -0.469 e. The van der Waals surface area contributed by atoms with E-state index in [-0.39, 0.29) is 17.0 Å². The summed E-state index contributed by atoms with van der Waals surface area (Å²) in [5.74, 6) is 0.483. The number of ether oxygens (including phenoxy) is 1. The van der Waals surface area contributed by atoms with Crippen LogP contribution in [-0.2, 0) is 16.0 Å². The van der Waals surface area contributed by atoms with Crippen molar-refractivity contribution < 1.29 is 9.53 Å². The molecule has 28 heavy (non-hydrogen) atoms. The molecule has 0 amide bonds. The molecule has 6 nitrogen and oxygen atoms in total. The third kappa shape index (κ3) is 5.52. The van der Waals surface area contributed by atoms with Crippen LogP contribution in [0, 0.1) is 0 Å². The van der Waals surface area contributed by atoms with Crippen molar-refractivity contribution in [1.82, 2.24) is 15.3 Å². The maximum absolute atomic E-state index is 11.3. The van der Waals surface area contributed by atoms with Crippen molar-refractivity contribution in [2.24, 2.45) is 0 Å². The zero-order valence-electron chi connectivity index (χ0n) is 17.3. The number of aromatic nitrogens is 2. The molecule has 0 aliphatic carbocycles. The highest BCUT2D eigenvalue weighted by Crippen LogP contribution is 2.31. The number of piperidine rings is 1. The SMILES string of the molecule is COC(=O)CCc1ccc(-c2ccnc(NC3CC(C)(C)NC(C)(C)C3)n2)s1. The second-order valence-electron chi connectivity index (χ2n) is 8.75. The van der Waals surface area contributed by atoms with Gasteiger partial charge in [0, 0.05) is 28.2 Å². The van der Waals surface area contributed by atoms with Gasteiger partial charge >= 0.3 is 5.97 Å². The van der Waals surface area contributed by atoms with Crippen LogP contribution in [0.15, 0.2) is 24.4 Å². The average Bonchev–Trinajstić information content (AvgIpc) is 3.06. The number of nitrogens with one attached hydrogen (secondary N) is 2. The van der Waals surface area contributed by atoms with Gasteiger partial charge in [0.1, 0.15) is 0 Å². The first-order valence-electron chi connectivity index (χ1n) is 9.71. The highest BCUT2D eigenvalue weighted by atomic mass is 32.1. The first kappa shape index (κ1) is 20.7. The molecular weight excluding hydrogens is 372 g/mol. The summed E-state index contributed by atoms with van der Waals surface area (Å²) in [4.78, 5) is 22.7. The highest BCUT2D eigenvalue weighted by Gasteiger charge is 2.37. The predicted octanol–water partition coefficient (Wildman–Crippen LogP) is 4.03. The summed E-state index contributed by atoms with van der Waals surface area (Å²) >= 11 is 1.66. The summed E-state index contributed by atoms with van der Waals surface area (Å²) in [5, 5.41) is 7.24. The van der Waals surface area contributed by atoms with Crippen LogP contribution in [0.25, 0.3) is 10.6 Å². The number of rotatable bonds is 6. The predicted molar refractivity (Wildman–Crippen MR) is 114 cm³/mol. The molecule has 0 bridgehead atoms. The van der Waals surface area contributed by atoms with Crippen LogP contribution < -0.4 is 10.6 Å². The van der Waals surface area contributed by atoms with Gasteiger partial charge in [0.2, 0.25) is 5.95 Å². The molecule has 0 radical (unpaired) electrons. The lowest BCUT2D eigenvalue weighted by atomic mass is 9.80. The van der Waals surface area contributed by atoms with E-state index in [4.69, 9.17) is 9.72 Å². The number of esters is 1. The molecule has 3 rings (SSSR count). The maximum atomic E-state index is 11.3. The number of anilines is 1. The third-order valence-corrected chi connectivity index (χ3v) is 6.06. The Hall–Kier alpha value is -1.99. The molecule has 1 aliphatic rings. The Morgan fingerprint density at radius 3 is 2.64 bits per heavy atom. The maximum Gasteiger partial charge on any atom is 0.305 e. The minimum atomic E-state index is -0.184. The number of methoxy groups -OCH3 is 1. The lowest BCUT2D eigenvalue weighted by Gasteiger charge is -2.46. The summed E-state index contributed by atoms with van der Waals surface area (Å²) < 4.78 is 4.71. The molecule has 3 heterocycles. The van der Waals surface area contributed by atoms with E-state index >= 15 is 0 Å². The molecule has 0 atom stereocenters. The van der Waals surface area contributed by atoms with Crippen molar-refractivity contribution in [2.45, 2.75) is 70.5 Å². The standard InChI is InChI=1S/C21H30N4O2S/c1-20(2)12-14(13-21(3,4)25-20)23-19-22-11-10-16(24-19)17-8-6-15(28-17)7-9-18(26)27-5/h6,8,10-11,14,25H,7,9,12-13H2,1-5H3,(H,22,23,24). The summed E-state index contributed by atoms with van der Waals surface area (Å²) in [5.41, 5.74) is 1.04. The van der Waals surface area contributed by atoms with Gasteiger partial charge in [-0.25, -0.2) is 9.97 Å². The third-order valence-electron chi connectivity index (χ3n) is 4.90. The largest absolute Gasteiger partial charge is 0.469 e. The minimum absolute atomic E-state index is 0.0688. The average molecular weight is 403 g/mol. The Labute approximate surface area is 171 Å². The van der Waals surface area contributed by atoms with Gasteiger partial charge in [0.25, 0.3) is 0 Å². The van der Waals surface area contributed by atoms with Crippen LogP contribution in [-0.4, -0.2) is 40.2 Å². The van der Waals surface area contributed by atoms with E-state index in [0.717, 1.165) is 28.3 Å². The van der Waals surface area contributed by atoms with Crippen LogP contribution in [0.2, 0.25) is 0 Å². The Bertz CT molecular complexity index is 815. The normalized spacial score (nSPS) is 18.6. The molecule has 1 fully saturated rings. The van der Waals surface area contributed by atoms with Gasteiger partial charge in [-0.2, -0.15) is 0 Å². The number of hydrogen-bond acceptors (Lipinski definition) is 7. The zero-order valence-corrected chi connectivity index (χ0v) is 18.2. The van der Waals surface area contributed by atoms with Crippen LogP contribution in [0.1, 0.15) is 51.8 Å². The number of aryl methyl sites for hydroxylation is 1. The van der Waals surface area contributed by atoms with Crippen molar-refractivity contribution in [1.29, 1.82) is 0 Å². The van der Waals surface area contributed by atoms with E-state index in [1.165, 1.54) is 7.11 Å². The molecular formula is C21H30N4O2S. The number of thiophene rings is 1. The fraction of sp³-hybridized carbons (Fsp3) is 0.571. The smallest absolute Gasteiger partial charge is 0.305 e. The van der Waals surface area contributed by atoms with E-state index in [1.807, 2.05) is 6.07 Å². The lowest BCUT2D eigenvalue weighted by molar-refractivity contribution is -0.140. The first-order valence-corrected chi connectivity index (χ1v) is 10.5. The van der Waals surface area contributed by atoms with E-state index in [9.17, 15) is 4.79 Å². The van der Waals surface area contributed by atoms with Gasteiger partial charge in [0.15, 0.2) is 0 Å². The fourth-order valence-electron chi connectivity index (χ4n) is 4.15. The molecule has 1 saturated heterocycles. The molecule has 2 aromatic heterocycles. The van der Waals surface area contributed by atoms with Gasteiger partial charge in [-0.05, 0) is 65.2 Å². The second-order valence-corrected chi connectivity index (χ2v) is 9.92. The molecule has 2 aromatic rings. The summed E-state index contributed by atoms with van der Waals surface area (Å²) in [6.45, 7) is 8.95. The number of carbonyl (C=O) groups is 1. The van der Waals surface area contributed by atoms with Crippen molar-refractivity contribution >= 4 is 23.3 Å². The molecule has 1 aliphatic heterocycles. The molecule has 0 aromatic carbocycles. The molecule has 7 heteroatoms. The van der Waals surface area contributed by atoms with Crippen molar-refractivity contribution in [3.05, 3.63) is 29.3 Å². The highest BCUT2D eigenvalue weighted by molar-refractivity contribution is 7.15. The number of hydrogen-bond donors (Lipinski definition) is 2. The second kappa shape index (κ2) is 8.17. The Morgan fingerprint density at radius 2 is 1.96 bits per heavy atom. The van der Waals surface area contributed by atoms with Crippen LogP contribution in [0.4, 0.5) is 5.95 Å². The fourth-order valence-corrected chi connectivity index (χ4v) is 5.13. The van der Waals surface area contributed by atoms with Gasteiger partial charge < -0.3 is 15.4 Å². The molecule has 152 valence electrons. The quantitative estimate of drug-likeness (QED) is 0.711. The monoisotopic (exact) mass is 402 g/mol. The van der Waals surface area contributed by atoms with Gasteiger partial charge in [-0.3, -0.25) is 4.79 Å². The molecule has 0 unspecified atom stereocenters. The van der Waals surface area contributed by atoms with Crippen LogP contribution >= 0.6 is 11.3 Å². The summed E-state index contributed by atoms with van der Waals surface area (Å²) in [6.07, 6.45) is 4.92. The van der Waals surface area contributed by atoms with Crippen LogP contribution in [0.5, 0.6) is 0 Å². The van der Waals surface area contributed by atoms with E-state index in [1.54, 1.807) is 17.5 Å². The van der Waals surface area contributed by atoms with E-state index in [0.29, 0.717) is 24.8 Å². The lowest BCUT2D eigenvalue weighted by Crippen LogP contribution is -2.60. The molecule has 2 N–H and O–H groups in total. The van der Waals surface area contributed by atoms with Crippen molar-refractivity contribution in [2.75, 3.05) is 12.4 Å². The van der Waals surface area contributed by atoms with Crippen molar-refractivity contribution in [3.63, 3.8) is 0 Å². The van der Waals surface area contributed by atoms with Crippen molar-refractivity contribution in [3.8, 4) is 10.6 Å². The van der Waals surface area contributed by atoms with E-state index in [2.05, 4.69) is 55.4 Å². The summed E-state index contributed by atoms with van der Waals surface area (Å²) in [7, 11) is 1.42. The van der Waals surface area contributed by atoms with Gasteiger partial charge in [-0.15, -0.1) is 11.3 Å². The Morgan fingerprint density at radius 1 is 1.25 bits per heavy atom. The zero-order chi connectivity index (χ0) is 20.4. The topological polar surface area (TPSA) is 76.1 Å². The van der Waals surface area contributed by atoms with E-state index < -0.39 is 0 Å². The van der Waals surface area contributed by atoms with Gasteiger partial charge in [0.05, 0.1) is 24.1 Å². The number of carbonyl (C=O) groups excluding carboxylic acids is 1. The first-order chi connectivity index (χ1) is 13.2. The molecule has 0 saturated carbocycles. The Kier molecular flexibility index (Phi) is 6.05. The molecule has 0 spiro atoms. The summed E-state index contributed by atoms with van der Waals surface area (Å²) in [6, 6.07) is 6.36. The Balaban J connectivity index is 1.69.